The molecule has 0 fully saturated rings. The zero-order valence-electron chi connectivity index (χ0n) is 7.02. The van der Waals surface area contributed by atoms with Gasteiger partial charge in [-0.2, -0.15) is 0 Å². The molecule has 0 radical (unpaired) electrons. The molecule has 1 aliphatic heterocycles. The van der Waals surface area contributed by atoms with E-state index in [-0.39, 0.29) is 0 Å². The molecule has 1 heterocycles. The van der Waals surface area contributed by atoms with Crippen LogP contribution in [0.5, 0.6) is 0 Å². The topological polar surface area (TPSA) is 65.3 Å². The number of azo groups is 1. The number of likely N-dealkylation sites (N-methyl/N-ethyl adjacent to an activating group) is 1. The molecule has 1 rings (SSSR count). The van der Waals surface area contributed by atoms with Gasteiger partial charge in [0.05, 0.1) is 0 Å². The van der Waals surface area contributed by atoms with Gasteiger partial charge in [0.1, 0.15) is 0 Å². The average Bonchev–Trinajstić information content (AvgIpc) is 2.28. The Hall–Kier alpha value is -1.30. The van der Waals surface area contributed by atoms with Crippen LogP contribution in [0.1, 0.15) is 0 Å². The summed E-state index contributed by atoms with van der Waals surface area (Å²) in [4.78, 5) is 24.5. The summed E-state index contributed by atoms with van der Waals surface area (Å²) in [7, 11) is 3.72. The van der Waals surface area contributed by atoms with Gasteiger partial charge in [-0.3, -0.25) is 0 Å². The molecule has 0 N–H and O–H groups in total. The molecular formula is C6H10N4O2. The smallest absolute Gasteiger partial charge is 0.308 e. The van der Waals surface area contributed by atoms with Crippen LogP contribution in [0.25, 0.3) is 0 Å². The highest BCUT2D eigenvalue weighted by atomic mass is 16.2. The second-order valence-electron chi connectivity index (χ2n) is 2.72. The maximum absolute atomic E-state index is 10.8. The summed E-state index contributed by atoms with van der Waals surface area (Å²) in [6.07, 6.45) is 0. The summed E-state index contributed by atoms with van der Waals surface area (Å²) >= 11 is 0. The zero-order chi connectivity index (χ0) is 9.14. The highest BCUT2D eigenvalue weighted by molar-refractivity contribution is 5.98. The minimum absolute atomic E-state index is 0.345. The van der Waals surface area contributed by atoms with Gasteiger partial charge in [-0.1, -0.05) is 10.2 Å². The van der Waals surface area contributed by atoms with Crippen LogP contribution >= 0.6 is 0 Å². The average molecular weight is 170 g/mol. The highest BCUT2D eigenvalue weighted by Gasteiger charge is 2.26. The third-order valence-electron chi connectivity index (χ3n) is 1.45. The molecule has 6 nitrogen and oxygen atoms in total. The maximum Gasteiger partial charge on any atom is 0.370 e. The van der Waals surface area contributed by atoms with Gasteiger partial charge < -0.3 is 4.90 Å². The second kappa shape index (κ2) is 3.40. The van der Waals surface area contributed by atoms with Crippen molar-refractivity contribution in [1.82, 2.24) is 9.80 Å². The molecule has 0 saturated heterocycles. The lowest BCUT2D eigenvalue weighted by Gasteiger charge is -2.13. The first-order chi connectivity index (χ1) is 5.61. The third-order valence-corrected chi connectivity index (χ3v) is 1.45. The van der Waals surface area contributed by atoms with Crippen LogP contribution in [-0.2, 0) is 0 Å². The Morgan fingerprint density at radius 3 is 2.17 bits per heavy atom. The number of nitrogens with zero attached hydrogens (tertiary/aromatic N) is 4. The lowest BCUT2D eigenvalue weighted by atomic mass is 10.5. The number of hydrogen-bond acceptors (Lipinski definition) is 3. The van der Waals surface area contributed by atoms with Gasteiger partial charge in [-0.15, -0.1) is 0 Å². The van der Waals surface area contributed by atoms with Gasteiger partial charge in [-0.25, -0.2) is 14.5 Å². The molecule has 0 spiro atoms. The summed E-state index contributed by atoms with van der Waals surface area (Å²) in [5.41, 5.74) is 0. The van der Waals surface area contributed by atoms with E-state index in [1.54, 1.807) is 0 Å². The number of imide groups is 1. The highest BCUT2D eigenvalue weighted by Crippen LogP contribution is 2.05. The van der Waals surface area contributed by atoms with Crippen molar-refractivity contribution in [3.8, 4) is 0 Å². The van der Waals surface area contributed by atoms with Crippen molar-refractivity contribution in [3.63, 3.8) is 0 Å². The largest absolute Gasteiger partial charge is 0.370 e. The number of rotatable bonds is 3. The van der Waals surface area contributed by atoms with Crippen molar-refractivity contribution in [2.75, 3.05) is 27.2 Å². The second-order valence-corrected chi connectivity index (χ2v) is 2.72. The summed E-state index contributed by atoms with van der Waals surface area (Å²) in [6.45, 7) is 0.972. The van der Waals surface area contributed by atoms with E-state index in [9.17, 15) is 9.59 Å². The molecule has 12 heavy (non-hydrogen) atoms. The molecule has 0 aromatic carbocycles. The fourth-order valence-electron chi connectivity index (χ4n) is 0.767. The third kappa shape index (κ3) is 1.85. The van der Waals surface area contributed by atoms with E-state index in [1.807, 2.05) is 19.0 Å². The van der Waals surface area contributed by atoms with Gasteiger partial charge >= 0.3 is 12.1 Å². The van der Waals surface area contributed by atoms with Crippen LogP contribution in [0.4, 0.5) is 9.59 Å². The molecule has 0 aliphatic carbocycles. The van der Waals surface area contributed by atoms with E-state index in [4.69, 9.17) is 0 Å². The Labute approximate surface area is 69.8 Å². The number of carbonyl (C=O) groups is 2. The van der Waals surface area contributed by atoms with E-state index in [0.717, 1.165) is 4.90 Å². The van der Waals surface area contributed by atoms with Crippen LogP contribution in [0.15, 0.2) is 10.2 Å². The van der Waals surface area contributed by atoms with Gasteiger partial charge in [0.25, 0.3) is 0 Å². The molecule has 0 saturated carbocycles. The van der Waals surface area contributed by atoms with Crippen molar-refractivity contribution < 1.29 is 9.59 Å². The Kier molecular flexibility index (Phi) is 2.49. The molecule has 66 valence electrons. The van der Waals surface area contributed by atoms with E-state index < -0.39 is 12.1 Å². The molecule has 4 amide bonds. The molecule has 0 unspecified atom stereocenters. The Morgan fingerprint density at radius 2 is 1.75 bits per heavy atom. The molecule has 6 heteroatoms. The van der Waals surface area contributed by atoms with Crippen LogP contribution in [0, 0.1) is 0 Å². The van der Waals surface area contributed by atoms with Crippen molar-refractivity contribution in [3.05, 3.63) is 0 Å². The van der Waals surface area contributed by atoms with Crippen molar-refractivity contribution in [2.45, 2.75) is 0 Å². The van der Waals surface area contributed by atoms with Gasteiger partial charge in [0.2, 0.25) is 0 Å². The first kappa shape index (κ1) is 8.79. The summed E-state index contributed by atoms with van der Waals surface area (Å²) in [6, 6.07) is -1.14. The standard InChI is InChI=1S/C6H10N4O2/c1-9(2)3-4-10-5(11)7-8-6(10)12/h3-4H2,1-2H3. The molecule has 1 aliphatic rings. The number of amides is 4. The minimum atomic E-state index is -0.568. The van der Waals surface area contributed by atoms with Crippen molar-refractivity contribution in [1.29, 1.82) is 0 Å². The minimum Gasteiger partial charge on any atom is -0.308 e. The molecule has 0 aromatic heterocycles. The fraction of sp³-hybridized carbons (Fsp3) is 0.667. The maximum atomic E-state index is 10.8. The number of urea groups is 2. The summed E-state index contributed by atoms with van der Waals surface area (Å²) in [5, 5.41) is 6.24. The van der Waals surface area contributed by atoms with Crippen LogP contribution in [-0.4, -0.2) is 49.0 Å². The first-order valence-corrected chi connectivity index (χ1v) is 3.53. The van der Waals surface area contributed by atoms with Gasteiger partial charge in [0, 0.05) is 13.1 Å². The SMILES string of the molecule is CN(C)CCN1C(=O)N=NC1=O. The quantitative estimate of drug-likeness (QED) is 0.621. The zero-order valence-corrected chi connectivity index (χ0v) is 7.02. The van der Waals surface area contributed by atoms with E-state index in [0.29, 0.717) is 13.1 Å². The Bertz CT molecular complexity index is 218. The summed E-state index contributed by atoms with van der Waals surface area (Å²) in [5.74, 6) is 0. The number of carbonyl (C=O) groups excluding carboxylic acids is 2. The van der Waals surface area contributed by atoms with Crippen LogP contribution in [0.2, 0.25) is 0 Å². The van der Waals surface area contributed by atoms with Gasteiger partial charge in [0.15, 0.2) is 0 Å². The molecular weight excluding hydrogens is 160 g/mol. The lowest BCUT2D eigenvalue weighted by Crippen LogP contribution is -2.34. The normalized spacial score (nSPS) is 16.8. The lowest BCUT2D eigenvalue weighted by molar-refractivity contribution is 0.201. The molecule has 0 aromatic rings. The van der Waals surface area contributed by atoms with E-state index in [2.05, 4.69) is 10.2 Å². The van der Waals surface area contributed by atoms with Crippen LogP contribution < -0.4 is 0 Å². The van der Waals surface area contributed by atoms with Gasteiger partial charge in [-0.05, 0) is 14.1 Å². The molecule has 0 atom stereocenters. The van der Waals surface area contributed by atoms with Crippen molar-refractivity contribution in [2.24, 2.45) is 10.2 Å². The monoisotopic (exact) mass is 170 g/mol. The molecule has 0 bridgehead atoms. The Morgan fingerprint density at radius 1 is 1.25 bits per heavy atom. The summed E-state index contributed by atoms with van der Waals surface area (Å²) < 4.78 is 0. The van der Waals surface area contributed by atoms with E-state index >= 15 is 0 Å². The van der Waals surface area contributed by atoms with E-state index in [1.165, 1.54) is 0 Å². The number of hydrogen-bond donors (Lipinski definition) is 0. The van der Waals surface area contributed by atoms with Crippen LogP contribution in [0.3, 0.4) is 0 Å². The van der Waals surface area contributed by atoms with Crippen molar-refractivity contribution >= 4 is 12.1 Å². The Balaban J connectivity index is 2.43. The predicted octanol–water partition coefficient (Wildman–Crippen LogP) is 0.556. The fourth-order valence-corrected chi connectivity index (χ4v) is 0.767. The predicted molar refractivity (Wildman–Crippen MR) is 40.9 cm³/mol. The first-order valence-electron chi connectivity index (χ1n) is 3.53.